The summed E-state index contributed by atoms with van der Waals surface area (Å²) in [5.74, 6) is 6.56. The Morgan fingerprint density at radius 1 is 1.44 bits per heavy atom. The fourth-order valence-corrected chi connectivity index (χ4v) is 2.88. The summed E-state index contributed by atoms with van der Waals surface area (Å²) in [6.07, 6.45) is 1.50. The van der Waals surface area contributed by atoms with E-state index in [0.717, 1.165) is 0 Å². The minimum absolute atomic E-state index is 0.0804. The number of carbonyl (C=O) groups excluding carboxylic acids is 1. The molecule has 27 heavy (non-hydrogen) atoms. The largest absolute Gasteiger partial charge is 0.495 e. The number of pyridine rings is 1. The van der Waals surface area contributed by atoms with Crippen LogP contribution in [0.4, 0.5) is 17.1 Å². The molecule has 0 aliphatic rings. The fourth-order valence-electron chi connectivity index (χ4n) is 2.02. The van der Waals surface area contributed by atoms with E-state index in [1.807, 2.05) is 0 Å². The van der Waals surface area contributed by atoms with Gasteiger partial charge in [-0.3, -0.25) is 24.9 Å². The van der Waals surface area contributed by atoms with E-state index in [1.54, 1.807) is 12.1 Å². The van der Waals surface area contributed by atoms with Crippen LogP contribution in [0.3, 0.4) is 0 Å². The first-order valence-corrected chi connectivity index (χ1v) is 8.96. The summed E-state index contributed by atoms with van der Waals surface area (Å²) in [5.41, 5.74) is 1.28. The fraction of sp³-hybridized carbons (Fsp3) is 0.188. The Labute approximate surface area is 165 Å². The number of methoxy groups -OCH3 is 1. The maximum absolute atomic E-state index is 11.2. The number of thiocarbonyl (C=S) groups is 1. The highest BCUT2D eigenvalue weighted by Crippen LogP contribution is 2.30. The van der Waals surface area contributed by atoms with E-state index < -0.39 is 4.92 Å². The van der Waals surface area contributed by atoms with E-state index in [2.05, 4.69) is 10.3 Å². The average molecular weight is 407 g/mol. The highest BCUT2D eigenvalue weighted by atomic mass is 32.2. The van der Waals surface area contributed by atoms with Gasteiger partial charge in [-0.2, -0.15) is 0 Å². The molecule has 2 rings (SSSR count). The summed E-state index contributed by atoms with van der Waals surface area (Å²) in [4.78, 5) is 25.7. The number of rotatable bonds is 7. The third kappa shape index (κ3) is 5.61. The minimum atomic E-state index is -0.500. The van der Waals surface area contributed by atoms with Gasteiger partial charge in [0.05, 0.1) is 35.5 Å². The number of hydrogen-bond donors (Lipinski definition) is 2. The molecule has 9 nitrogen and oxygen atoms in total. The smallest absolute Gasteiger partial charge is 0.271 e. The molecule has 0 aliphatic heterocycles. The predicted molar refractivity (Wildman–Crippen MR) is 109 cm³/mol. The normalized spacial score (nSPS) is 10.2. The van der Waals surface area contributed by atoms with Crippen molar-refractivity contribution in [2.24, 2.45) is 5.84 Å². The Kier molecular flexibility index (Phi) is 7.05. The summed E-state index contributed by atoms with van der Waals surface area (Å²) in [6, 6.07) is 7.46. The lowest BCUT2D eigenvalue weighted by atomic mass is 10.2. The van der Waals surface area contributed by atoms with Crippen molar-refractivity contribution in [3.8, 4) is 5.75 Å². The quantitative estimate of drug-likeness (QED) is 0.177. The van der Waals surface area contributed by atoms with E-state index in [0.29, 0.717) is 33.0 Å². The number of ether oxygens (including phenoxy) is 1. The van der Waals surface area contributed by atoms with Crippen molar-refractivity contribution in [3.63, 3.8) is 0 Å². The van der Waals surface area contributed by atoms with Crippen LogP contribution in [-0.2, 0) is 0 Å². The molecule has 1 aromatic carbocycles. The van der Waals surface area contributed by atoms with Crippen LogP contribution >= 0.6 is 24.0 Å². The maximum Gasteiger partial charge on any atom is 0.271 e. The molecule has 0 bridgehead atoms. The molecule has 0 spiro atoms. The number of nitrogens with zero attached hydrogens (tertiary/aromatic N) is 3. The second-order valence-electron chi connectivity index (χ2n) is 5.26. The third-order valence-corrected chi connectivity index (χ3v) is 4.63. The molecule has 0 unspecified atom stereocenters. The monoisotopic (exact) mass is 407 g/mol. The molecule has 0 radical (unpaired) electrons. The average Bonchev–Trinajstić information content (AvgIpc) is 2.66. The number of aromatic nitrogens is 1. The van der Waals surface area contributed by atoms with Crippen molar-refractivity contribution >= 4 is 51.1 Å². The number of nitrogens with two attached hydrogens (primary N) is 1. The van der Waals surface area contributed by atoms with Crippen molar-refractivity contribution in [1.82, 2.24) is 4.98 Å². The summed E-state index contributed by atoms with van der Waals surface area (Å²) in [5, 5.41) is 15.3. The standard InChI is InChI=1S/C16H17N5O4S2/c1-10(22)13-5-3-12(8-18-13)20(17)9-27-16(26)19-14-7-11(21(23)24)4-6-15(14)25-2/h3-8H,9,17H2,1-2H3,(H,19,26). The van der Waals surface area contributed by atoms with Crippen LogP contribution in [0.1, 0.15) is 17.4 Å². The molecule has 0 amide bonds. The van der Waals surface area contributed by atoms with E-state index in [4.69, 9.17) is 22.8 Å². The summed E-state index contributed by atoms with van der Waals surface area (Å²) >= 11 is 6.48. The lowest BCUT2D eigenvalue weighted by molar-refractivity contribution is -0.384. The molecule has 2 aromatic rings. The molecular weight excluding hydrogens is 390 g/mol. The number of hydrazine groups is 1. The zero-order chi connectivity index (χ0) is 20.0. The number of hydrogen-bond acceptors (Lipinski definition) is 9. The highest BCUT2D eigenvalue weighted by Gasteiger charge is 2.13. The summed E-state index contributed by atoms with van der Waals surface area (Å²) in [7, 11) is 1.46. The van der Waals surface area contributed by atoms with Gasteiger partial charge in [0.15, 0.2) is 5.78 Å². The van der Waals surface area contributed by atoms with Crippen molar-refractivity contribution < 1.29 is 14.5 Å². The Balaban J connectivity index is 1.98. The minimum Gasteiger partial charge on any atom is -0.495 e. The van der Waals surface area contributed by atoms with Gasteiger partial charge < -0.3 is 10.1 Å². The molecule has 3 N–H and O–H groups in total. The van der Waals surface area contributed by atoms with E-state index in [-0.39, 0.29) is 11.5 Å². The van der Waals surface area contributed by atoms with Crippen LogP contribution in [0.15, 0.2) is 36.5 Å². The number of thioether (sulfide) groups is 1. The SMILES string of the molecule is COc1ccc([N+](=O)[O-])cc1NC(=S)SCN(N)c1ccc(C(C)=O)nc1. The first kappa shape index (κ1) is 20.6. The van der Waals surface area contributed by atoms with E-state index in [9.17, 15) is 14.9 Å². The number of carbonyl (C=O) groups is 1. The first-order valence-electron chi connectivity index (χ1n) is 7.57. The van der Waals surface area contributed by atoms with Gasteiger partial charge in [0.1, 0.15) is 15.8 Å². The predicted octanol–water partition coefficient (Wildman–Crippen LogP) is 2.97. The Morgan fingerprint density at radius 3 is 2.74 bits per heavy atom. The van der Waals surface area contributed by atoms with E-state index in [1.165, 1.54) is 55.2 Å². The summed E-state index contributed by atoms with van der Waals surface area (Å²) in [6.45, 7) is 1.43. The van der Waals surface area contributed by atoms with Crippen molar-refractivity contribution in [1.29, 1.82) is 0 Å². The number of nitro groups is 1. The van der Waals surface area contributed by atoms with Gasteiger partial charge in [-0.05, 0) is 18.2 Å². The molecule has 142 valence electrons. The maximum atomic E-state index is 11.2. The van der Waals surface area contributed by atoms with Crippen LogP contribution in [-0.4, -0.2) is 33.0 Å². The van der Waals surface area contributed by atoms with Gasteiger partial charge in [-0.15, -0.1) is 0 Å². The number of non-ortho nitro benzene ring substituents is 1. The first-order chi connectivity index (χ1) is 12.8. The molecule has 0 saturated heterocycles. The van der Waals surface area contributed by atoms with Gasteiger partial charge in [0.25, 0.3) is 5.69 Å². The van der Waals surface area contributed by atoms with Gasteiger partial charge in [0, 0.05) is 19.1 Å². The molecular formula is C16H17N5O4S2. The number of nitro benzene ring substituents is 1. The van der Waals surface area contributed by atoms with Crippen molar-refractivity contribution in [2.75, 3.05) is 23.3 Å². The number of anilines is 2. The molecule has 0 fully saturated rings. The van der Waals surface area contributed by atoms with Crippen LogP contribution in [0.2, 0.25) is 0 Å². The van der Waals surface area contributed by atoms with Gasteiger partial charge in [-0.1, -0.05) is 24.0 Å². The third-order valence-electron chi connectivity index (χ3n) is 3.41. The van der Waals surface area contributed by atoms with Gasteiger partial charge >= 0.3 is 0 Å². The number of ketones is 1. The zero-order valence-electron chi connectivity index (χ0n) is 14.5. The second kappa shape index (κ2) is 9.26. The molecule has 0 aliphatic carbocycles. The molecule has 11 heteroatoms. The van der Waals surface area contributed by atoms with Crippen LogP contribution in [0.5, 0.6) is 5.75 Å². The lowest BCUT2D eigenvalue weighted by Gasteiger charge is -2.18. The highest BCUT2D eigenvalue weighted by molar-refractivity contribution is 8.23. The topological polar surface area (TPSA) is 124 Å². The molecule has 0 atom stereocenters. The van der Waals surface area contributed by atoms with E-state index >= 15 is 0 Å². The molecule has 1 aromatic heterocycles. The Morgan fingerprint density at radius 2 is 2.19 bits per heavy atom. The summed E-state index contributed by atoms with van der Waals surface area (Å²) < 4.78 is 5.54. The second-order valence-corrected chi connectivity index (χ2v) is 6.88. The van der Waals surface area contributed by atoms with Crippen LogP contribution < -0.4 is 20.9 Å². The number of nitrogens with one attached hydrogen (secondary N) is 1. The molecule has 0 saturated carbocycles. The zero-order valence-corrected chi connectivity index (χ0v) is 16.2. The van der Waals surface area contributed by atoms with Gasteiger partial charge in [0.2, 0.25) is 0 Å². The van der Waals surface area contributed by atoms with Crippen LogP contribution in [0, 0.1) is 10.1 Å². The van der Waals surface area contributed by atoms with Gasteiger partial charge in [-0.25, -0.2) is 5.84 Å². The number of Topliss-reactive ketones (excluding diaryl/α,β-unsaturated/α-hetero) is 1. The molecule has 1 heterocycles. The van der Waals surface area contributed by atoms with Crippen LogP contribution in [0.25, 0.3) is 0 Å². The number of benzene rings is 1. The Hall–Kier alpha value is -2.76. The van der Waals surface area contributed by atoms with Crippen molar-refractivity contribution in [2.45, 2.75) is 6.92 Å². The van der Waals surface area contributed by atoms with Crippen molar-refractivity contribution in [3.05, 3.63) is 52.3 Å². The lowest BCUT2D eigenvalue weighted by Crippen LogP contribution is -2.31. The Bertz CT molecular complexity index is 860.